The first-order chi connectivity index (χ1) is 24.8. The number of nitro groups is 1. The van der Waals surface area contributed by atoms with E-state index in [0.29, 0.717) is 24.3 Å². The van der Waals surface area contributed by atoms with Crippen molar-refractivity contribution in [2.24, 2.45) is 5.92 Å². The third kappa shape index (κ3) is 6.18. The maximum absolute atomic E-state index is 16.3. The van der Waals surface area contributed by atoms with Gasteiger partial charge in [-0.2, -0.15) is 0 Å². The minimum absolute atomic E-state index is 0.0850. The highest BCUT2D eigenvalue weighted by Gasteiger charge is 2.67. The number of H-pyrrole nitrogens is 1. The highest BCUT2D eigenvalue weighted by atomic mass is 28.4. The number of carbonyl (C=O) groups is 3. The van der Waals surface area contributed by atoms with Gasteiger partial charge in [-0.15, -0.1) is 0 Å². The first kappa shape index (κ1) is 35.5. The second kappa shape index (κ2) is 13.6. The number of rotatable bonds is 10. The number of aromatic amines is 1. The molecule has 3 aliphatic heterocycles. The number of aromatic nitrogens is 1. The number of amides is 3. The van der Waals surface area contributed by atoms with Crippen molar-refractivity contribution < 1.29 is 33.3 Å². The van der Waals surface area contributed by atoms with E-state index in [1.165, 1.54) is 36.2 Å². The molecule has 7 rings (SSSR count). The summed E-state index contributed by atoms with van der Waals surface area (Å²) in [7, 11) is -3.60. The van der Waals surface area contributed by atoms with Crippen LogP contribution < -0.4 is 10.2 Å². The van der Waals surface area contributed by atoms with Gasteiger partial charge in [-0.1, -0.05) is 37.3 Å². The van der Waals surface area contributed by atoms with Crippen molar-refractivity contribution in [3.05, 3.63) is 99.7 Å². The predicted molar refractivity (Wildman–Crippen MR) is 196 cm³/mol. The molecule has 52 heavy (non-hydrogen) atoms. The smallest absolute Gasteiger partial charge is 0.269 e. The minimum atomic E-state index is -3.60. The zero-order chi connectivity index (χ0) is 36.9. The summed E-state index contributed by atoms with van der Waals surface area (Å²) < 4.78 is 22.9. The molecule has 2 fully saturated rings. The quantitative estimate of drug-likeness (QED) is 0.0788. The molecule has 0 unspecified atom stereocenters. The molecule has 14 heteroatoms. The number of nitrogens with one attached hydrogen (secondary N) is 2. The summed E-state index contributed by atoms with van der Waals surface area (Å²) in [4.78, 5) is 58.9. The summed E-state index contributed by atoms with van der Waals surface area (Å²) in [6.07, 6.45) is 2.31. The topological polar surface area (TPSA) is 158 Å². The molecule has 272 valence electrons. The summed E-state index contributed by atoms with van der Waals surface area (Å²) in [5, 5.41) is 25.7. The van der Waals surface area contributed by atoms with Crippen molar-refractivity contribution in [1.29, 1.82) is 0 Å². The van der Waals surface area contributed by atoms with Gasteiger partial charge in [0, 0.05) is 58.5 Å². The van der Waals surface area contributed by atoms with Crippen molar-refractivity contribution in [1.82, 2.24) is 9.88 Å². The number of aliphatic hydroxyl groups is 1. The van der Waals surface area contributed by atoms with Gasteiger partial charge in [-0.3, -0.25) is 24.5 Å². The van der Waals surface area contributed by atoms with Crippen LogP contribution >= 0.6 is 0 Å². The first-order valence-electron chi connectivity index (χ1n) is 17.6. The zero-order valence-corrected chi connectivity index (χ0v) is 30.3. The van der Waals surface area contributed by atoms with Crippen LogP contribution in [0.15, 0.2) is 72.9 Å². The fourth-order valence-electron chi connectivity index (χ4n) is 8.68. The molecule has 3 aromatic carbocycles. The number of hydrogen-bond donors (Lipinski definition) is 3. The third-order valence-corrected chi connectivity index (χ3v) is 13.5. The number of para-hydroxylation sites is 1. The molecular weight excluding hydrogens is 686 g/mol. The van der Waals surface area contributed by atoms with Crippen LogP contribution in [0.1, 0.15) is 42.9 Å². The Kier molecular flexibility index (Phi) is 9.26. The predicted octanol–water partition coefficient (Wildman–Crippen LogP) is 5.95. The Morgan fingerprint density at radius 1 is 1.15 bits per heavy atom. The monoisotopic (exact) mass is 727 g/mol. The minimum Gasteiger partial charge on any atom is -0.394 e. The fourth-order valence-corrected chi connectivity index (χ4v) is 11.2. The molecule has 2 saturated heterocycles. The van der Waals surface area contributed by atoms with Crippen LogP contribution in [0.4, 0.5) is 21.2 Å². The number of nitrogens with zero attached hydrogens (tertiary/aromatic N) is 3. The Labute approximate surface area is 301 Å². The number of non-ortho nitro benzene ring substituents is 1. The lowest BCUT2D eigenvalue weighted by Crippen LogP contribution is -2.45. The highest BCUT2D eigenvalue weighted by molar-refractivity contribution is 6.72. The van der Waals surface area contributed by atoms with Crippen LogP contribution in [0.25, 0.3) is 10.9 Å². The summed E-state index contributed by atoms with van der Waals surface area (Å²) in [5.41, 5.74) is 1.10. The Morgan fingerprint density at radius 2 is 1.90 bits per heavy atom. The standard InChI is InChI=1S/C38H42FN5O7Si/c1-23-36(52(2,3)39)33(19-35(47)42-16-6-7-28(42)22-45)51-38(23)30-18-27(44(49)50)14-15-32(30)43(37(38)48)21-24-10-12-26(13-11-24)41-34(46)17-25-20-40-31-9-5-4-8-29(25)31/h4-5,8-15,18,20,23,28,33,36,40,45H,6-7,16-17,19,21-22H2,1-3H3,(H,41,46)/t23-,28+,33+,36-,38+/m1/s1. The maximum Gasteiger partial charge on any atom is 0.269 e. The van der Waals surface area contributed by atoms with Gasteiger partial charge in [0.05, 0.1) is 48.7 Å². The Balaban J connectivity index is 1.15. The zero-order valence-electron chi connectivity index (χ0n) is 29.3. The van der Waals surface area contributed by atoms with Crippen LogP contribution in [0.3, 0.4) is 0 Å². The summed E-state index contributed by atoms with van der Waals surface area (Å²) >= 11 is 0. The van der Waals surface area contributed by atoms with E-state index in [-0.39, 0.29) is 55.1 Å². The Bertz CT molecular complexity index is 2050. The van der Waals surface area contributed by atoms with Gasteiger partial charge in [0.25, 0.3) is 11.6 Å². The molecule has 5 atom stereocenters. The molecule has 1 aromatic heterocycles. The van der Waals surface area contributed by atoms with E-state index < -0.39 is 42.4 Å². The van der Waals surface area contributed by atoms with Gasteiger partial charge in [-0.05, 0) is 61.3 Å². The number of anilines is 2. The van der Waals surface area contributed by atoms with Crippen molar-refractivity contribution >= 4 is 54.1 Å². The van der Waals surface area contributed by atoms with E-state index in [1.807, 2.05) is 30.5 Å². The maximum atomic E-state index is 16.3. The molecule has 12 nitrogen and oxygen atoms in total. The van der Waals surface area contributed by atoms with E-state index in [1.54, 1.807) is 36.1 Å². The molecule has 1 spiro atoms. The van der Waals surface area contributed by atoms with Crippen LogP contribution in [-0.2, 0) is 37.7 Å². The van der Waals surface area contributed by atoms with Gasteiger partial charge < -0.3 is 34.1 Å². The molecule has 3 aliphatic rings. The molecule has 0 saturated carbocycles. The number of ether oxygens (including phenoxy) is 1. The lowest BCUT2D eigenvalue weighted by atomic mass is 9.82. The highest BCUT2D eigenvalue weighted by Crippen LogP contribution is 2.60. The number of nitro benzene ring substituents is 1. The largest absolute Gasteiger partial charge is 0.394 e. The molecule has 0 aliphatic carbocycles. The van der Waals surface area contributed by atoms with Crippen molar-refractivity contribution in [3.8, 4) is 0 Å². The van der Waals surface area contributed by atoms with Gasteiger partial charge in [-0.25, -0.2) is 0 Å². The second-order valence-corrected chi connectivity index (χ2v) is 18.5. The lowest BCUT2D eigenvalue weighted by molar-refractivity contribution is -0.385. The van der Waals surface area contributed by atoms with Gasteiger partial charge in [0.1, 0.15) is 0 Å². The van der Waals surface area contributed by atoms with Crippen LogP contribution in [0.5, 0.6) is 0 Å². The number of carbonyl (C=O) groups excluding carboxylic acids is 3. The van der Waals surface area contributed by atoms with Crippen LogP contribution in [0, 0.1) is 16.0 Å². The molecule has 4 heterocycles. The fraction of sp³-hybridized carbons (Fsp3) is 0.395. The van der Waals surface area contributed by atoms with E-state index in [0.717, 1.165) is 28.5 Å². The SMILES string of the molecule is C[C@@H]1[C@@H]([Si](C)(C)F)[C@H](CC(=O)N2CCC[C@H]2CO)O[C@@]12C(=O)N(Cc1ccc(NC(=O)Cc3c[nH]c4ccccc34)cc1)c1ccc([N+](=O)[O-])cc12. The first-order valence-corrected chi connectivity index (χ1v) is 20.6. The van der Waals surface area contributed by atoms with E-state index >= 15 is 4.11 Å². The number of halogens is 1. The number of fused-ring (bicyclic) bond motifs is 3. The molecule has 0 bridgehead atoms. The summed E-state index contributed by atoms with van der Waals surface area (Å²) in [6, 6.07) is 18.7. The van der Waals surface area contributed by atoms with E-state index in [4.69, 9.17) is 4.74 Å². The van der Waals surface area contributed by atoms with E-state index in [9.17, 15) is 29.6 Å². The summed E-state index contributed by atoms with van der Waals surface area (Å²) in [6.45, 7) is 5.20. The molecule has 4 aromatic rings. The van der Waals surface area contributed by atoms with Gasteiger partial charge in [0.15, 0.2) is 5.60 Å². The molecular formula is C38H42FN5O7Si. The van der Waals surface area contributed by atoms with Crippen molar-refractivity contribution in [2.75, 3.05) is 23.4 Å². The Morgan fingerprint density at radius 3 is 2.62 bits per heavy atom. The number of hydrogen-bond acceptors (Lipinski definition) is 7. The number of likely N-dealkylation sites (tertiary alicyclic amines) is 1. The third-order valence-electron chi connectivity index (χ3n) is 11.0. The van der Waals surface area contributed by atoms with Gasteiger partial charge in [0.2, 0.25) is 20.2 Å². The lowest BCUT2D eigenvalue weighted by Gasteiger charge is -2.31. The summed E-state index contributed by atoms with van der Waals surface area (Å²) in [5.74, 6) is -1.67. The van der Waals surface area contributed by atoms with Crippen LogP contribution in [-0.4, -0.2) is 71.3 Å². The van der Waals surface area contributed by atoms with Crippen LogP contribution in [0.2, 0.25) is 18.6 Å². The van der Waals surface area contributed by atoms with Crippen molar-refractivity contribution in [3.63, 3.8) is 0 Å². The van der Waals surface area contributed by atoms with Crippen molar-refractivity contribution in [2.45, 2.75) is 75.5 Å². The number of aliphatic hydroxyl groups excluding tert-OH is 1. The second-order valence-electron chi connectivity index (χ2n) is 14.7. The molecule has 0 radical (unpaired) electrons. The molecule has 3 amide bonds. The Hall–Kier alpha value is -4.92. The molecule has 3 N–H and O–H groups in total. The normalized spacial score (nSPS) is 24.2. The average Bonchev–Trinajstić information content (AvgIpc) is 3.87. The number of benzene rings is 3. The van der Waals surface area contributed by atoms with E-state index in [2.05, 4.69) is 10.3 Å². The average molecular weight is 728 g/mol. The van der Waals surface area contributed by atoms with Gasteiger partial charge >= 0.3 is 0 Å².